The topological polar surface area (TPSA) is 26.0 Å². The van der Waals surface area contributed by atoms with Gasteiger partial charge < -0.3 is 5.73 Å². The van der Waals surface area contributed by atoms with Crippen molar-refractivity contribution in [3.63, 3.8) is 0 Å². The Morgan fingerprint density at radius 1 is 1.50 bits per heavy atom. The van der Waals surface area contributed by atoms with Gasteiger partial charge in [0.15, 0.2) is 0 Å². The first-order chi connectivity index (χ1) is 6.57. The molecule has 14 heavy (non-hydrogen) atoms. The van der Waals surface area contributed by atoms with Crippen molar-refractivity contribution in [2.75, 3.05) is 6.54 Å². The molecule has 0 aliphatic heterocycles. The number of hydrogen-bond donors (Lipinski definition) is 1. The molecule has 1 rings (SSSR count). The Morgan fingerprint density at radius 3 is 2.71 bits per heavy atom. The van der Waals surface area contributed by atoms with Crippen LogP contribution in [0.5, 0.6) is 0 Å². The monoisotopic (exact) mass is 215 g/mol. The van der Waals surface area contributed by atoms with E-state index in [-0.39, 0.29) is 11.7 Å². The van der Waals surface area contributed by atoms with E-state index < -0.39 is 0 Å². The first kappa shape index (κ1) is 11.5. The molecule has 0 aromatic heterocycles. The smallest absolute Gasteiger partial charge is 0.131 e. The predicted octanol–water partition coefficient (Wildman–Crippen LogP) is 3.24. The van der Waals surface area contributed by atoms with E-state index in [9.17, 15) is 4.39 Å². The van der Waals surface area contributed by atoms with Crippen molar-refractivity contribution in [1.29, 1.82) is 0 Å². The molecular formula is C11H15ClFN. The van der Waals surface area contributed by atoms with Crippen LogP contribution >= 0.6 is 11.6 Å². The number of nitrogens with two attached hydrogens (primary N) is 1. The third kappa shape index (κ3) is 2.25. The normalized spacial score (nSPS) is 12.9. The molecule has 0 radical (unpaired) electrons. The van der Waals surface area contributed by atoms with E-state index in [2.05, 4.69) is 0 Å². The minimum atomic E-state index is -0.196. The quantitative estimate of drug-likeness (QED) is 0.823. The average Bonchev–Trinajstić information content (AvgIpc) is 2.13. The van der Waals surface area contributed by atoms with Crippen molar-refractivity contribution >= 4 is 11.6 Å². The van der Waals surface area contributed by atoms with Crippen molar-refractivity contribution in [3.05, 3.63) is 34.1 Å². The average molecular weight is 216 g/mol. The van der Waals surface area contributed by atoms with Crippen LogP contribution < -0.4 is 5.73 Å². The lowest BCUT2D eigenvalue weighted by atomic mass is 9.95. The maximum atomic E-state index is 13.7. The molecular weight excluding hydrogens is 201 g/mol. The molecule has 0 aliphatic carbocycles. The molecule has 2 N–H and O–H groups in total. The van der Waals surface area contributed by atoms with Crippen molar-refractivity contribution in [2.45, 2.75) is 26.2 Å². The van der Waals surface area contributed by atoms with Gasteiger partial charge in [-0.05, 0) is 37.4 Å². The largest absolute Gasteiger partial charge is 0.330 e. The van der Waals surface area contributed by atoms with E-state index in [4.69, 9.17) is 17.3 Å². The van der Waals surface area contributed by atoms with Crippen LogP contribution in [-0.2, 0) is 0 Å². The Bertz CT molecular complexity index is 325. The third-order valence-electron chi connectivity index (χ3n) is 2.41. The molecule has 0 saturated heterocycles. The zero-order valence-electron chi connectivity index (χ0n) is 8.48. The van der Waals surface area contributed by atoms with Gasteiger partial charge in [-0.2, -0.15) is 0 Å². The van der Waals surface area contributed by atoms with Gasteiger partial charge >= 0.3 is 0 Å². The van der Waals surface area contributed by atoms with E-state index in [0.29, 0.717) is 22.7 Å². The number of hydrogen-bond acceptors (Lipinski definition) is 1. The van der Waals surface area contributed by atoms with E-state index >= 15 is 0 Å². The lowest BCUT2D eigenvalue weighted by Gasteiger charge is -2.14. The lowest BCUT2D eigenvalue weighted by molar-refractivity contribution is 0.570. The molecule has 78 valence electrons. The van der Waals surface area contributed by atoms with Gasteiger partial charge in [-0.3, -0.25) is 0 Å². The molecule has 1 nitrogen and oxygen atoms in total. The fourth-order valence-corrected chi connectivity index (χ4v) is 1.86. The van der Waals surface area contributed by atoms with Crippen molar-refractivity contribution in [1.82, 2.24) is 0 Å². The van der Waals surface area contributed by atoms with Gasteiger partial charge in [-0.1, -0.05) is 24.6 Å². The molecule has 0 heterocycles. The summed E-state index contributed by atoms with van der Waals surface area (Å²) in [4.78, 5) is 0. The summed E-state index contributed by atoms with van der Waals surface area (Å²) < 4.78 is 13.7. The standard InChI is InChI=1S/C11H15ClFN/c1-7(5-6-14)10-9(12)4-3-8(2)11(10)13/h3-4,7H,5-6,14H2,1-2H3. The van der Waals surface area contributed by atoms with Gasteiger partial charge in [0.2, 0.25) is 0 Å². The number of benzene rings is 1. The summed E-state index contributed by atoms with van der Waals surface area (Å²) >= 11 is 5.95. The Balaban J connectivity index is 3.11. The highest BCUT2D eigenvalue weighted by molar-refractivity contribution is 6.31. The summed E-state index contributed by atoms with van der Waals surface area (Å²) in [5.41, 5.74) is 6.67. The summed E-state index contributed by atoms with van der Waals surface area (Å²) in [7, 11) is 0. The Kier molecular flexibility index (Phi) is 3.90. The van der Waals surface area contributed by atoms with Crippen molar-refractivity contribution < 1.29 is 4.39 Å². The zero-order chi connectivity index (χ0) is 10.7. The number of aryl methyl sites for hydroxylation is 1. The molecule has 3 heteroatoms. The molecule has 0 spiro atoms. The van der Waals surface area contributed by atoms with Crippen LogP contribution in [0, 0.1) is 12.7 Å². The maximum absolute atomic E-state index is 13.7. The van der Waals surface area contributed by atoms with Crippen LogP contribution in [0.2, 0.25) is 5.02 Å². The van der Waals surface area contributed by atoms with Crippen LogP contribution in [0.15, 0.2) is 12.1 Å². The third-order valence-corrected chi connectivity index (χ3v) is 2.74. The molecule has 1 aromatic rings. The second-order valence-electron chi connectivity index (χ2n) is 3.57. The van der Waals surface area contributed by atoms with Crippen LogP contribution in [0.25, 0.3) is 0 Å². The predicted molar refractivity (Wildman–Crippen MR) is 58.2 cm³/mol. The summed E-state index contributed by atoms with van der Waals surface area (Å²) in [5, 5.41) is 0.494. The lowest BCUT2D eigenvalue weighted by Crippen LogP contribution is -2.07. The second-order valence-corrected chi connectivity index (χ2v) is 3.98. The van der Waals surface area contributed by atoms with Crippen LogP contribution in [0.4, 0.5) is 4.39 Å². The van der Waals surface area contributed by atoms with Gasteiger partial charge in [-0.25, -0.2) is 4.39 Å². The fourth-order valence-electron chi connectivity index (χ4n) is 1.52. The van der Waals surface area contributed by atoms with Gasteiger partial charge in [0.25, 0.3) is 0 Å². The Labute approximate surface area is 89.1 Å². The van der Waals surface area contributed by atoms with Crippen LogP contribution in [-0.4, -0.2) is 6.54 Å². The summed E-state index contributed by atoms with van der Waals surface area (Å²) in [5.74, 6) is -0.120. The summed E-state index contributed by atoms with van der Waals surface area (Å²) in [6, 6.07) is 3.43. The molecule has 0 bridgehead atoms. The van der Waals surface area contributed by atoms with Crippen LogP contribution in [0.3, 0.4) is 0 Å². The molecule has 0 fully saturated rings. The van der Waals surface area contributed by atoms with Gasteiger partial charge in [0.1, 0.15) is 5.82 Å². The van der Waals surface area contributed by atoms with Crippen molar-refractivity contribution in [3.8, 4) is 0 Å². The number of rotatable bonds is 3. The molecule has 1 atom stereocenters. The highest BCUT2D eigenvalue weighted by atomic mass is 35.5. The Morgan fingerprint density at radius 2 is 2.14 bits per heavy atom. The van der Waals surface area contributed by atoms with Crippen LogP contribution in [0.1, 0.15) is 30.4 Å². The second kappa shape index (κ2) is 4.76. The molecule has 0 aliphatic rings. The maximum Gasteiger partial charge on any atom is 0.131 e. The summed E-state index contributed by atoms with van der Waals surface area (Å²) in [6.07, 6.45) is 0.750. The van der Waals surface area contributed by atoms with Crippen molar-refractivity contribution in [2.24, 2.45) is 5.73 Å². The SMILES string of the molecule is Cc1ccc(Cl)c(C(C)CCN)c1F. The van der Waals surface area contributed by atoms with Gasteiger partial charge in [0, 0.05) is 10.6 Å². The minimum Gasteiger partial charge on any atom is -0.330 e. The first-order valence-electron chi connectivity index (χ1n) is 4.72. The highest BCUT2D eigenvalue weighted by Crippen LogP contribution is 2.30. The number of halogens is 2. The van der Waals surface area contributed by atoms with E-state index in [0.717, 1.165) is 6.42 Å². The fraction of sp³-hybridized carbons (Fsp3) is 0.455. The minimum absolute atomic E-state index is 0.0763. The summed E-state index contributed by atoms with van der Waals surface area (Å²) in [6.45, 7) is 4.23. The van der Waals surface area contributed by atoms with Gasteiger partial charge in [-0.15, -0.1) is 0 Å². The zero-order valence-corrected chi connectivity index (χ0v) is 9.24. The van der Waals surface area contributed by atoms with E-state index in [1.807, 2.05) is 6.92 Å². The van der Waals surface area contributed by atoms with Gasteiger partial charge in [0.05, 0.1) is 0 Å². The Hall–Kier alpha value is -0.600. The van der Waals surface area contributed by atoms with E-state index in [1.165, 1.54) is 0 Å². The highest BCUT2D eigenvalue weighted by Gasteiger charge is 2.15. The van der Waals surface area contributed by atoms with E-state index in [1.54, 1.807) is 19.1 Å². The molecule has 0 saturated carbocycles. The molecule has 0 amide bonds. The molecule has 1 unspecified atom stereocenters. The molecule has 1 aromatic carbocycles. The first-order valence-corrected chi connectivity index (χ1v) is 5.10.